The number of benzene rings is 1. The van der Waals surface area contributed by atoms with Gasteiger partial charge in [-0.3, -0.25) is 19.8 Å². The third-order valence-electron chi connectivity index (χ3n) is 4.46. The van der Waals surface area contributed by atoms with E-state index in [1.54, 1.807) is 20.8 Å². The Morgan fingerprint density at radius 1 is 1.17 bits per heavy atom. The molecule has 9 heteroatoms. The topological polar surface area (TPSA) is 108 Å². The van der Waals surface area contributed by atoms with Crippen molar-refractivity contribution in [1.29, 1.82) is 0 Å². The van der Waals surface area contributed by atoms with E-state index in [2.05, 4.69) is 16.0 Å². The summed E-state index contributed by atoms with van der Waals surface area (Å²) >= 11 is 0. The van der Waals surface area contributed by atoms with Gasteiger partial charge in [0.05, 0.1) is 0 Å². The number of hydrogen-bond donors (Lipinski definition) is 3. The van der Waals surface area contributed by atoms with Crippen LogP contribution in [-0.2, 0) is 15.1 Å². The van der Waals surface area contributed by atoms with Crippen molar-refractivity contribution in [2.75, 3.05) is 6.54 Å². The van der Waals surface area contributed by atoms with Gasteiger partial charge in [0.15, 0.2) is 0 Å². The lowest BCUT2D eigenvalue weighted by Crippen LogP contribution is -2.51. The van der Waals surface area contributed by atoms with Gasteiger partial charge in [0, 0.05) is 5.54 Å². The molecule has 6 amide bonds. The predicted octanol–water partition coefficient (Wildman–Crippen LogP) is 2.39. The Morgan fingerprint density at radius 2 is 1.79 bits per heavy atom. The molecule has 2 rings (SSSR count). The normalized spacial score (nSPS) is 19.1. The minimum Gasteiger partial charge on any atom is -0.333 e. The Bertz CT molecular complexity index is 804. The summed E-state index contributed by atoms with van der Waals surface area (Å²) in [5.41, 5.74) is -1.48. The number of nitrogens with zero attached hydrogens (tertiary/aromatic N) is 1. The second-order valence-electron chi connectivity index (χ2n) is 8.09. The lowest BCUT2D eigenvalue weighted by atomic mass is 9.85. The molecule has 1 aromatic carbocycles. The van der Waals surface area contributed by atoms with Crippen molar-refractivity contribution in [1.82, 2.24) is 20.9 Å². The number of carbonyl (C=O) groups excluding carboxylic acids is 4. The average Bonchev–Trinajstić information content (AvgIpc) is 2.84. The van der Waals surface area contributed by atoms with Gasteiger partial charge in [-0.05, 0) is 44.9 Å². The van der Waals surface area contributed by atoms with Crippen LogP contribution < -0.4 is 16.0 Å². The molecular weight excluding hydrogens is 379 g/mol. The summed E-state index contributed by atoms with van der Waals surface area (Å²) in [4.78, 5) is 50.5. The van der Waals surface area contributed by atoms with Gasteiger partial charge in [0.25, 0.3) is 5.91 Å². The van der Waals surface area contributed by atoms with Gasteiger partial charge in [0.2, 0.25) is 5.91 Å². The molecule has 1 atom stereocenters. The largest absolute Gasteiger partial charge is 0.333 e. The number of amides is 6. The summed E-state index contributed by atoms with van der Waals surface area (Å²) in [6.45, 7) is 6.59. The van der Waals surface area contributed by atoms with Crippen molar-refractivity contribution in [3.05, 3.63) is 35.6 Å². The second-order valence-corrected chi connectivity index (χ2v) is 8.09. The van der Waals surface area contributed by atoms with Crippen LogP contribution in [0, 0.1) is 5.82 Å². The number of hydrogen-bond acceptors (Lipinski definition) is 4. The minimum atomic E-state index is -1.37. The fourth-order valence-corrected chi connectivity index (χ4v) is 3.14. The van der Waals surface area contributed by atoms with Crippen LogP contribution in [-0.4, -0.2) is 40.9 Å². The zero-order chi connectivity index (χ0) is 21.8. The molecule has 158 valence electrons. The van der Waals surface area contributed by atoms with Crippen LogP contribution in [0.15, 0.2) is 24.3 Å². The quantitative estimate of drug-likeness (QED) is 0.631. The van der Waals surface area contributed by atoms with Crippen molar-refractivity contribution in [3.8, 4) is 0 Å². The van der Waals surface area contributed by atoms with Crippen molar-refractivity contribution < 1.29 is 23.6 Å². The Hall–Kier alpha value is -2.97. The van der Waals surface area contributed by atoms with Crippen LogP contribution in [0.1, 0.15) is 52.5 Å². The lowest BCUT2D eigenvalue weighted by Gasteiger charge is -2.27. The van der Waals surface area contributed by atoms with E-state index in [0.717, 1.165) is 11.3 Å². The Labute approximate surface area is 169 Å². The van der Waals surface area contributed by atoms with Gasteiger partial charge in [-0.2, -0.15) is 0 Å². The monoisotopic (exact) mass is 406 g/mol. The van der Waals surface area contributed by atoms with Crippen LogP contribution in [0.25, 0.3) is 0 Å². The van der Waals surface area contributed by atoms with Crippen molar-refractivity contribution in [2.45, 2.75) is 58.0 Å². The number of carbonyl (C=O) groups is 4. The van der Waals surface area contributed by atoms with Crippen LogP contribution in [0.4, 0.5) is 14.0 Å². The first-order chi connectivity index (χ1) is 13.5. The molecule has 8 nitrogen and oxygen atoms in total. The van der Waals surface area contributed by atoms with Crippen LogP contribution in [0.5, 0.6) is 0 Å². The molecule has 0 aromatic heterocycles. The summed E-state index contributed by atoms with van der Waals surface area (Å²) in [6.07, 6.45) is 1.72. The molecule has 0 radical (unpaired) electrons. The van der Waals surface area contributed by atoms with E-state index in [1.807, 2.05) is 6.92 Å². The Balaban J connectivity index is 2.19. The number of imide groups is 2. The maximum Gasteiger partial charge on any atom is 0.325 e. The third-order valence-corrected chi connectivity index (χ3v) is 4.46. The number of unbranched alkanes of at least 4 members (excludes halogenated alkanes) is 1. The molecule has 1 fully saturated rings. The van der Waals surface area contributed by atoms with Crippen LogP contribution >= 0.6 is 0 Å². The molecule has 1 aliphatic rings. The van der Waals surface area contributed by atoms with Gasteiger partial charge < -0.3 is 10.6 Å². The molecular formula is C20H27FN4O4. The van der Waals surface area contributed by atoms with Crippen LogP contribution in [0.3, 0.4) is 0 Å². The van der Waals surface area contributed by atoms with Gasteiger partial charge >= 0.3 is 12.1 Å². The number of halogens is 1. The van der Waals surface area contributed by atoms with Crippen molar-refractivity contribution in [3.63, 3.8) is 0 Å². The number of urea groups is 2. The average molecular weight is 406 g/mol. The highest BCUT2D eigenvalue weighted by molar-refractivity contribution is 6.10. The van der Waals surface area contributed by atoms with Gasteiger partial charge in [-0.1, -0.05) is 31.9 Å². The van der Waals surface area contributed by atoms with E-state index >= 15 is 0 Å². The zero-order valence-electron chi connectivity index (χ0n) is 17.1. The maximum atomic E-state index is 13.3. The summed E-state index contributed by atoms with van der Waals surface area (Å²) in [5.74, 6) is -1.85. The first-order valence-electron chi connectivity index (χ1n) is 9.50. The van der Waals surface area contributed by atoms with E-state index in [-0.39, 0.29) is 0 Å². The molecule has 3 N–H and O–H groups in total. The van der Waals surface area contributed by atoms with Crippen molar-refractivity contribution >= 4 is 23.9 Å². The van der Waals surface area contributed by atoms with Gasteiger partial charge in [-0.15, -0.1) is 0 Å². The van der Waals surface area contributed by atoms with E-state index in [4.69, 9.17) is 0 Å². The molecule has 0 spiro atoms. The van der Waals surface area contributed by atoms with Gasteiger partial charge in [0.1, 0.15) is 17.9 Å². The Kier molecular flexibility index (Phi) is 6.61. The zero-order valence-corrected chi connectivity index (χ0v) is 17.1. The van der Waals surface area contributed by atoms with E-state index in [0.29, 0.717) is 18.4 Å². The van der Waals surface area contributed by atoms with Gasteiger partial charge in [-0.25, -0.2) is 14.0 Å². The molecule has 0 bridgehead atoms. The van der Waals surface area contributed by atoms with E-state index in [1.165, 1.54) is 24.3 Å². The van der Waals surface area contributed by atoms with E-state index < -0.39 is 47.3 Å². The maximum absolute atomic E-state index is 13.3. The lowest BCUT2D eigenvalue weighted by molar-refractivity contribution is -0.135. The number of nitrogens with one attached hydrogen (secondary N) is 3. The molecule has 0 aliphatic carbocycles. The molecule has 29 heavy (non-hydrogen) atoms. The number of rotatable bonds is 6. The predicted molar refractivity (Wildman–Crippen MR) is 104 cm³/mol. The van der Waals surface area contributed by atoms with Crippen molar-refractivity contribution in [2.24, 2.45) is 0 Å². The standard InChI is InChI=1S/C20H27FN4O4/c1-5-6-11-20(13-7-9-14(21)10-8-13)16(27)25(18(29)24-20)12-15(26)22-17(28)23-19(2,3)4/h7-10H,5-6,11-12H2,1-4H3,(H,24,29)(H2,22,23,26,28)/t20-/m1/s1. The first-order valence-corrected chi connectivity index (χ1v) is 9.50. The highest BCUT2D eigenvalue weighted by Crippen LogP contribution is 2.34. The minimum absolute atomic E-state index is 0.308. The summed E-state index contributed by atoms with van der Waals surface area (Å²) in [6, 6.07) is 3.88. The summed E-state index contributed by atoms with van der Waals surface area (Å²) in [7, 11) is 0. The SMILES string of the molecule is CCCC[C@]1(c2ccc(F)cc2)NC(=O)N(CC(=O)NC(=O)NC(C)(C)C)C1=O. The van der Waals surface area contributed by atoms with Crippen LogP contribution in [0.2, 0.25) is 0 Å². The second kappa shape index (κ2) is 8.59. The fraction of sp³-hybridized carbons (Fsp3) is 0.500. The smallest absolute Gasteiger partial charge is 0.325 e. The first kappa shape index (κ1) is 22.3. The molecule has 1 aromatic rings. The third kappa shape index (κ3) is 5.30. The molecule has 0 unspecified atom stereocenters. The summed E-state index contributed by atoms with van der Waals surface area (Å²) in [5, 5.41) is 7.34. The molecule has 0 saturated carbocycles. The highest BCUT2D eigenvalue weighted by atomic mass is 19.1. The fourth-order valence-electron chi connectivity index (χ4n) is 3.14. The Morgan fingerprint density at radius 3 is 2.34 bits per heavy atom. The highest BCUT2D eigenvalue weighted by Gasteiger charge is 2.52. The molecule has 1 saturated heterocycles. The molecule has 1 heterocycles. The van der Waals surface area contributed by atoms with E-state index in [9.17, 15) is 23.6 Å². The molecule has 1 aliphatic heterocycles. The summed E-state index contributed by atoms with van der Waals surface area (Å²) < 4.78 is 13.3.